The average Bonchev–Trinajstić information content (AvgIpc) is 2.74. The van der Waals surface area contributed by atoms with Crippen LogP contribution in [-0.2, 0) is 4.79 Å². The van der Waals surface area contributed by atoms with Gasteiger partial charge in [0, 0.05) is 32.6 Å². The Balaban J connectivity index is 1.76. The van der Waals surface area contributed by atoms with Gasteiger partial charge in [0.25, 0.3) is 0 Å². The van der Waals surface area contributed by atoms with Gasteiger partial charge in [-0.25, -0.2) is 0 Å². The quantitative estimate of drug-likeness (QED) is 0.718. The molecule has 0 bridgehead atoms. The molecule has 1 amide bonds. The van der Waals surface area contributed by atoms with Crippen molar-refractivity contribution in [3.05, 3.63) is 0 Å². The van der Waals surface area contributed by atoms with Crippen molar-refractivity contribution in [1.29, 1.82) is 0 Å². The average molecular weight is 259 g/mol. The number of amides is 1. The lowest BCUT2D eigenvalue weighted by atomic mass is 10.1. The number of carbonyl (C=O) groups is 1. The van der Waals surface area contributed by atoms with Gasteiger partial charge in [-0.05, 0) is 24.8 Å². The lowest BCUT2D eigenvalue weighted by Gasteiger charge is -2.22. The molecule has 2 aliphatic heterocycles. The van der Waals surface area contributed by atoms with E-state index in [0.717, 1.165) is 25.6 Å². The summed E-state index contributed by atoms with van der Waals surface area (Å²) in [5.41, 5.74) is 0. The van der Waals surface area contributed by atoms with Crippen LogP contribution in [0.2, 0.25) is 0 Å². The van der Waals surface area contributed by atoms with Gasteiger partial charge in [-0.1, -0.05) is 13.8 Å². The summed E-state index contributed by atoms with van der Waals surface area (Å²) in [6.07, 6.45) is 1.76. The third-order valence-corrected chi connectivity index (χ3v) is 3.93. The molecule has 0 aromatic rings. The van der Waals surface area contributed by atoms with Crippen molar-refractivity contribution in [2.75, 3.05) is 32.7 Å². The first-order chi connectivity index (χ1) is 8.04. The monoisotopic (exact) mass is 258 g/mol. The number of rotatable bonds is 4. The zero-order valence-corrected chi connectivity index (χ0v) is 11.6. The molecule has 2 unspecified atom stereocenters. The fourth-order valence-electron chi connectivity index (χ4n) is 2.96. The summed E-state index contributed by atoms with van der Waals surface area (Å²) in [6.45, 7) is 9.70. The van der Waals surface area contributed by atoms with Crippen molar-refractivity contribution >= 4 is 17.5 Å². The van der Waals surface area contributed by atoms with Crippen LogP contribution in [0.3, 0.4) is 0 Å². The van der Waals surface area contributed by atoms with E-state index < -0.39 is 0 Å². The lowest BCUT2D eigenvalue weighted by molar-refractivity contribution is -0.128. The maximum Gasteiger partial charge on any atom is 0.224 e. The van der Waals surface area contributed by atoms with Crippen LogP contribution < -0.4 is 0 Å². The van der Waals surface area contributed by atoms with E-state index in [1.807, 2.05) is 4.90 Å². The maximum atomic E-state index is 11.7. The van der Waals surface area contributed by atoms with E-state index in [1.165, 1.54) is 19.5 Å². The molecule has 2 saturated heterocycles. The smallest absolute Gasteiger partial charge is 0.224 e. The topological polar surface area (TPSA) is 23.6 Å². The summed E-state index contributed by atoms with van der Waals surface area (Å²) in [4.78, 5) is 16.1. The second-order valence-corrected chi connectivity index (χ2v) is 6.53. The molecule has 17 heavy (non-hydrogen) atoms. The van der Waals surface area contributed by atoms with Crippen LogP contribution in [0.5, 0.6) is 0 Å². The third-order valence-electron chi connectivity index (χ3n) is 3.64. The van der Waals surface area contributed by atoms with Crippen LogP contribution in [0.4, 0.5) is 0 Å². The van der Waals surface area contributed by atoms with Crippen LogP contribution in [0.1, 0.15) is 26.7 Å². The van der Waals surface area contributed by atoms with Crippen molar-refractivity contribution in [2.24, 2.45) is 11.8 Å². The number of hydrogen-bond donors (Lipinski definition) is 0. The molecule has 2 atom stereocenters. The summed E-state index contributed by atoms with van der Waals surface area (Å²) in [5, 5.41) is 0.0377. The first-order valence-corrected chi connectivity index (χ1v) is 7.12. The summed E-state index contributed by atoms with van der Waals surface area (Å²) < 4.78 is 0. The fraction of sp³-hybridized carbons (Fsp3) is 0.923. The van der Waals surface area contributed by atoms with E-state index in [4.69, 9.17) is 11.6 Å². The lowest BCUT2D eigenvalue weighted by Crippen LogP contribution is -2.33. The Morgan fingerprint density at radius 1 is 1.41 bits per heavy atom. The molecule has 0 N–H and O–H groups in total. The van der Waals surface area contributed by atoms with Gasteiger partial charge in [0.2, 0.25) is 5.91 Å². The summed E-state index contributed by atoms with van der Waals surface area (Å²) in [5.74, 6) is 1.63. The standard InChI is InChI=1S/C13H23ClN2O/c1-10(2)6-15-4-3-11(7-15)8-16-9-12(14)5-13(16)17/h10-12H,3-9H2,1-2H3. The zero-order chi connectivity index (χ0) is 12.4. The van der Waals surface area contributed by atoms with E-state index >= 15 is 0 Å². The molecule has 2 rings (SSSR count). The normalized spacial score (nSPS) is 30.8. The minimum Gasteiger partial charge on any atom is -0.341 e. The van der Waals surface area contributed by atoms with Crippen LogP contribution in [0.25, 0.3) is 0 Å². The predicted octanol–water partition coefficient (Wildman–Crippen LogP) is 1.80. The van der Waals surface area contributed by atoms with Crippen molar-refractivity contribution in [1.82, 2.24) is 9.80 Å². The van der Waals surface area contributed by atoms with E-state index in [-0.39, 0.29) is 11.3 Å². The number of carbonyl (C=O) groups excluding carboxylic acids is 1. The van der Waals surface area contributed by atoms with Crippen molar-refractivity contribution in [2.45, 2.75) is 32.1 Å². The molecule has 0 aliphatic carbocycles. The molecule has 0 spiro atoms. The van der Waals surface area contributed by atoms with E-state index in [9.17, 15) is 4.79 Å². The molecule has 98 valence electrons. The number of halogens is 1. The molecule has 0 radical (unpaired) electrons. The van der Waals surface area contributed by atoms with E-state index in [2.05, 4.69) is 18.7 Å². The highest BCUT2D eigenvalue weighted by atomic mass is 35.5. The summed E-state index contributed by atoms with van der Waals surface area (Å²) in [6, 6.07) is 0. The molecule has 2 aliphatic rings. The summed E-state index contributed by atoms with van der Waals surface area (Å²) in [7, 11) is 0. The van der Waals surface area contributed by atoms with Crippen molar-refractivity contribution in [3.8, 4) is 0 Å². The van der Waals surface area contributed by atoms with Gasteiger partial charge in [-0.15, -0.1) is 11.6 Å². The largest absolute Gasteiger partial charge is 0.341 e. The predicted molar refractivity (Wildman–Crippen MR) is 70.2 cm³/mol. The summed E-state index contributed by atoms with van der Waals surface area (Å²) >= 11 is 6.01. The van der Waals surface area contributed by atoms with Gasteiger partial charge >= 0.3 is 0 Å². The second-order valence-electron chi connectivity index (χ2n) is 5.91. The SMILES string of the molecule is CC(C)CN1CCC(CN2CC(Cl)CC2=O)C1. The van der Waals surface area contributed by atoms with Crippen LogP contribution in [0, 0.1) is 11.8 Å². The van der Waals surface area contributed by atoms with Crippen molar-refractivity contribution in [3.63, 3.8) is 0 Å². The van der Waals surface area contributed by atoms with Crippen molar-refractivity contribution < 1.29 is 4.79 Å². The van der Waals surface area contributed by atoms with Crippen LogP contribution >= 0.6 is 11.6 Å². The Labute approximate surface area is 109 Å². The molecule has 0 aromatic heterocycles. The Morgan fingerprint density at radius 3 is 2.76 bits per heavy atom. The molecule has 0 aromatic carbocycles. The van der Waals surface area contributed by atoms with E-state index in [0.29, 0.717) is 12.3 Å². The third kappa shape index (κ3) is 3.59. The van der Waals surface area contributed by atoms with Gasteiger partial charge in [-0.2, -0.15) is 0 Å². The molecular formula is C13H23ClN2O. The first kappa shape index (κ1) is 13.2. The molecule has 2 fully saturated rings. The number of hydrogen-bond acceptors (Lipinski definition) is 2. The number of likely N-dealkylation sites (tertiary alicyclic amines) is 2. The van der Waals surface area contributed by atoms with Gasteiger partial charge < -0.3 is 9.80 Å². The molecular weight excluding hydrogens is 236 g/mol. The highest BCUT2D eigenvalue weighted by molar-refractivity contribution is 6.22. The van der Waals surface area contributed by atoms with Gasteiger partial charge in [0.05, 0.1) is 5.38 Å². The van der Waals surface area contributed by atoms with E-state index in [1.54, 1.807) is 0 Å². The Morgan fingerprint density at radius 2 is 2.18 bits per heavy atom. The maximum absolute atomic E-state index is 11.7. The fourth-order valence-corrected chi connectivity index (χ4v) is 3.25. The number of alkyl halides is 1. The highest BCUT2D eigenvalue weighted by Gasteiger charge is 2.32. The van der Waals surface area contributed by atoms with Gasteiger partial charge in [0.1, 0.15) is 0 Å². The minimum absolute atomic E-state index is 0.0377. The molecule has 3 nitrogen and oxygen atoms in total. The molecule has 4 heteroatoms. The van der Waals surface area contributed by atoms with Gasteiger partial charge in [-0.3, -0.25) is 4.79 Å². The zero-order valence-electron chi connectivity index (χ0n) is 10.9. The molecule has 2 heterocycles. The first-order valence-electron chi connectivity index (χ1n) is 6.68. The second kappa shape index (κ2) is 5.57. The van der Waals surface area contributed by atoms with Crippen LogP contribution in [-0.4, -0.2) is 53.8 Å². The minimum atomic E-state index is 0.0377. The van der Waals surface area contributed by atoms with Crippen LogP contribution in [0.15, 0.2) is 0 Å². The Hall–Kier alpha value is -0.280. The Kier molecular flexibility index (Phi) is 4.31. The highest BCUT2D eigenvalue weighted by Crippen LogP contribution is 2.22. The Bertz CT molecular complexity index is 283. The van der Waals surface area contributed by atoms with Gasteiger partial charge in [0.15, 0.2) is 0 Å². The molecule has 0 saturated carbocycles. The number of nitrogens with zero attached hydrogens (tertiary/aromatic N) is 2.